The van der Waals surface area contributed by atoms with E-state index in [0.717, 1.165) is 74.0 Å². The Morgan fingerprint density at radius 2 is 1.83 bits per heavy atom. The molecule has 1 atom stereocenters. The van der Waals surface area contributed by atoms with Gasteiger partial charge in [-0.25, -0.2) is 9.37 Å². The number of aryl methyl sites for hydroxylation is 1. The molecule has 0 bridgehead atoms. The van der Waals surface area contributed by atoms with Crippen LogP contribution >= 0.6 is 0 Å². The maximum Gasteiger partial charge on any atom is 0.231 e. The third kappa shape index (κ3) is 7.96. The summed E-state index contributed by atoms with van der Waals surface area (Å²) in [6, 6.07) is 23.3. The van der Waals surface area contributed by atoms with Crippen LogP contribution in [-0.4, -0.2) is 40.0 Å². The molecule has 0 saturated heterocycles. The molecule has 2 aromatic heterocycles. The fraction of sp³-hybridized carbons (Fsp3) is 0.400. The maximum absolute atomic E-state index is 15.7. The van der Waals surface area contributed by atoms with Crippen molar-refractivity contribution in [2.75, 3.05) is 13.3 Å². The summed E-state index contributed by atoms with van der Waals surface area (Å²) < 4.78 is 33.1. The van der Waals surface area contributed by atoms with Crippen molar-refractivity contribution in [1.29, 1.82) is 0 Å². The molecule has 0 amide bonds. The molecule has 4 heterocycles. The van der Waals surface area contributed by atoms with Crippen LogP contribution in [0.1, 0.15) is 123 Å². The van der Waals surface area contributed by atoms with Gasteiger partial charge < -0.3 is 19.2 Å². The van der Waals surface area contributed by atoms with Gasteiger partial charge in [0.15, 0.2) is 17.3 Å². The highest BCUT2D eigenvalue weighted by Gasteiger charge is 2.48. The number of aromatic amines is 1. The third-order valence-corrected chi connectivity index (χ3v) is 13.3. The van der Waals surface area contributed by atoms with E-state index in [4.69, 9.17) is 14.2 Å². The first-order valence-electron chi connectivity index (χ1n) is 21.2. The van der Waals surface area contributed by atoms with Gasteiger partial charge in [0.1, 0.15) is 23.0 Å². The molecule has 8 heteroatoms. The number of halogens is 1. The summed E-state index contributed by atoms with van der Waals surface area (Å²) in [4.78, 5) is 23.0. The molecule has 0 radical (unpaired) electrons. The predicted molar refractivity (Wildman–Crippen MR) is 226 cm³/mol. The second-order valence-electron chi connectivity index (χ2n) is 17.4. The lowest BCUT2D eigenvalue weighted by molar-refractivity contribution is -0.0294. The number of hydrogen-bond acceptors (Lipinski definition) is 6. The molecule has 1 N–H and O–H groups in total. The largest absolute Gasteiger partial charge is 0.455 e. The van der Waals surface area contributed by atoms with Crippen LogP contribution in [0.2, 0.25) is 0 Å². The van der Waals surface area contributed by atoms with Crippen molar-refractivity contribution in [2.45, 2.75) is 109 Å². The number of fused-ring (bicyclic) bond motifs is 2. The number of rotatable bonds is 11. The van der Waals surface area contributed by atoms with Gasteiger partial charge in [-0.3, -0.25) is 9.69 Å². The number of Topliss-reactive ketones (excluding diaryl/α,β-unsaturated/α-hetero) is 1. The van der Waals surface area contributed by atoms with Gasteiger partial charge in [0.2, 0.25) is 6.79 Å². The SMILES string of the molecule is CC(=O)c1cc(F)c(CC2=CCCC3(CC2)CC(N2CCC=C(CCc4ccc5c(c4)OCO5)C[C@H]2c2ccccc2C(C)C)C3)cc1Oc1cnc2[nH]ccc2c1. The summed E-state index contributed by atoms with van der Waals surface area (Å²) in [6.45, 7) is 7.47. The quantitative estimate of drug-likeness (QED) is 0.106. The number of ketones is 1. The Morgan fingerprint density at radius 3 is 2.69 bits per heavy atom. The summed E-state index contributed by atoms with van der Waals surface area (Å²) >= 11 is 0. The van der Waals surface area contributed by atoms with Crippen molar-refractivity contribution in [1.82, 2.24) is 14.9 Å². The van der Waals surface area contributed by atoms with Gasteiger partial charge in [-0.2, -0.15) is 0 Å². The van der Waals surface area contributed by atoms with E-state index in [1.165, 1.54) is 54.5 Å². The number of hydrogen-bond donors (Lipinski definition) is 1. The van der Waals surface area contributed by atoms with Gasteiger partial charge in [-0.1, -0.05) is 67.5 Å². The summed E-state index contributed by atoms with van der Waals surface area (Å²) in [7, 11) is 0. The van der Waals surface area contributed by atoms with Crippen molar-refractivity contribution < 1.29 is 23.4 Å². The molecule has 2 aliphatic carbocycles. The number of pyridine rings is 1. The number of benzene rings is 3. The fourth-order valence-corrected chi connectivity index (χ4v) is 10.1. The molecule has 3 aromatic carbocycles. The molecule has 1 spiro atoms. The number of nitrogens with one attached hydrogen (secondary N) is 1. The average molecular weight is 780 g/mol. The second-order valence-corrected chi connectivity index (χ2v) is 17.4. The molecule has 9 rings (SSSR count). The summed E-state index contributed by atoms with van der Waals surface area (Å²) in [5, 5.41) is 0.905. The molecule has 5 aromatic rings. The zero-order valence-electron chi connectivity index (χ0n) is 34.0. The van der Waals surface area contributed by atoms with Gasteiger partial charge in [-0.05, 0) is 148 Å². The van der Waals surface area contributed by atoms with E-state index in [1.807, 2.05) is 24.4 Å². The smallest absolute Gasteiger partial charge is 0.231 e. The van der Waals surface area contributed by atoms with Gasteiger partial charge in [-0.15, -0.1) is 0 Å². The van der Waals surface area contributed by atoms with Gasteiger partial charge in [0.05, 0.1) is 11.8 Å². The number of H-pyrrole nitrogens is 1. The Bertz CT molecular complexity index is 2390. The summed E-state index contributed by atoms with van der Waals surface area (Å²) in [5.41, 5.74) is 8.92. The lowest BCUT2D eigenvalue weighted by atomic mass is 9.60. The van der Waals surface area contributed by atoms with Crippen molar-refractivity contribution in [3.05, 3.63) is 136 Å². The first kappa shape index (κ1) is 38.3. The molecule has 2 aliphatic heterocycles. The standard InChI is InChI=1S/C50H54FN3O4/c1-32(2)41-10-4-5-11-42(41)45-23-34(12-13-36-14-15-46-48(24-36)57-31-56-46)9-7-21-54(45)39-28-50(29-39)18-6-8-35(16-19-50)22-38-26-47(43(33(3)55)27-44(38)51)58-40-25-37-17-20-52-49(37)53-30-40/h4-5,8-11,14-15,17,20,24-27,30,32,39,45H,6-7,12-13,16,18-19,21-23,28-29,31H2,1-3H3,(H,52,53)/t39?,45-,50?/m0/s1. The van der Waals surface area contributed by atoms with Gasteiger partial charge >= 0.3 is 0 Å². The number of ether oxygens (including phenoxy) is 3. The first-order chi connectivity index (χ1) is 28.2. The highest BCUT2D eigenvalue weighted by molar-refractivity contribution is 5.97. The zero-order valence-corrected chi connectivity index (χ0v) is 34.0. The topological polar surface area (TPSA) is 76.7 Å². The number of carbonyl (C=O) groups is 1. The highest BCUT2D eigenvalue weighted by atomic mass is 19.1. The van der Waals surface area contributed by atoms with Crippen molar-refractivity contribution in [3.8, 4) is 23.0 Å². The van der Waals surface area contributed by atoms with E-state index >= 15 is 4.39 Å². The second kappa shape index (κ2) is 16.2. The number of allylic oxidation sites excluding steroid dienone is 2. The Labute approximate surface area is 341 Å². The van der Waals surface area contributed by atoms with Crippen LogP contribution in [0.5, 0.6) is 23.0 Å². The van der Waals surface area contributed by atoms with E-state index in [9.17, 15) is 4.79 Å². The van der Waals surface area contributed by atoms with E-state index in [-0.39, 0.29) is 17.2 Å². The lowest BCUT2D eigenvalue weighted by Gasteiger charge is -2.54. The van der Waals surface area contributed by atoms with Crippen molar-refractivity contribution in [3.63, 3.8) is 0 Å². The molecule has 1 saturated carbocycles. The van der Waals surface area contributed by atoms with Crippen LogP contribution < -0.4 is 14.2 Å². The summed E-state index contributed by atoms with van der Waals surface area (Å²) in [5.74, 6) is 2.43. The number of carbonyl (C=O) groups excluding carboxylic acids is 1. The van der Waals surface area contributed by atoms with E-state index < -0.39 is 0 Å². The molecule has 1 fully saturated rings. The maximum atomic E-state index is 15.7. The highest BCUT2D eigenvalue weighted by Crippen LogP contribution is 2.55. The average Bonchev–Trinajstić information content (AvgIpc) is 3.76. The Morgan fingerprint density at radius 1 is 0.983 bits per heavy atom. The minimum Gasteiger partial charge on any atom is -0.455 e. The minimum atomic E-state index is -0.363. The summed E-state index contributed by atoms with van der Waals surface area (Å²) in [6.07, 6.45) is 19.7. The van der Waals surface area contributed by atoms with Crippen LogP contribution in [0.4, 0.5) is 4.39 Å². The van der Waals surface area contributed by atoms with Crippen LogP contribution in [0.25, 0.3) is 11.0 Å². The first-order valence-corrected chi connectivity index (χ1v) is 21.2. The Kier molecular flexibility index (Phi) is 10.7. The fourth-order valence-electron chi connectivity index (χ4n) is 10.1. The molecule has 300 valence electrons. The Balaban J connectivity index is 0.876. The molecule has 0 unspecified atom stereocenters. The van der Waals surface area contributed by atoms with E-state index in [1.54, 1.807) is 17.8 Å². The molecular formula is C50H54FN3O4. The van der Waals surface area contributed by atoms with Gasteiger partial charge in [0.25, 0.3) is 0 Å². The van der Waals surface area contributed by atoms with E-state index in [2.05, 4.69) is 77.3 Å². The van der Waals surface area contributed by atoms with Gasteiger partial charge in [0, 0.05) is 30.2 Å². The third-order valence-electron chi connectivity index (χ3n) is 13.3. The van der Waals surface area contributed by atoms with Crippen LogP contribution in [0.15, 0.2) is 102 Å². The predicted octanol–water partition coefficient (Wildman–Crippen LogP) is 12.1. The normalized spacial score (nSPS) is 22.0. The number of aromatic nitrogens is 2. The monoisotopic (exact) mass is 779 g/mol. The molecule has 58 heavy (non-hydrogen) atoms. The number of nitrogens with zero attached hydrogens (tertiary/aromatic N) is 2. The molecule has 4 aliphatic rings. The Hall–Kier alpha value is -5.21. The molecular weight excluding hydrogens is 726 g/mol. The minimum absolute atomic E-state index is 0.236. The lowest BCUT2D eigenvalue weighted by Crippen LogP contribution is -2.52. The molecule has 7 nitrogen and oxygen atoms in total. The van der Waals surface area contributed by atoms with Crippen molar-refractivity contribution in [2.24, 2.45) is 5.41 Å². The van der Waals surface area contributed by atoms with E-state index in [0.29, 0.717) is 53.7 Å². The van der Waals surface area contributed by atoms with Crippen molar-refractivity contribution >= 4 is 16.8 Å². The van der Waals surface area contributed by atoms with Crippen LogP contribution in [-0.2, 0) is 12.8 Å². The van der Waals surface area contributed by atoms with Crippen LogP contribution in [0.3, 0.4) is 0 Å². The zero-order chi connectivity index (χ0) is 39.8. The van der Waals surface area contributed by atoms with Crippen LogP contribution in [0, 0.1) is 11.2 Å².